The third-order valence-corrected chi connectivity index (χ3v) is 7.30. The maximum Gasteiger partial charge on any atom is 0.265 e. The number of rotatable bonds is 12. The lowest BCUT2D eigenvalue weighted by Crippen LogP contribution is -2.29. The summed E-state index contributed by atoms with van der Waals surface area (Å²) < 4.78 is 54.1. The van der Waals surface area contributed by atoms with Crippen molar-refractivity contribution < 1.29 is 27.1 Å². The number of para-hydroxylation sites is 1. The Hall–Kier alpha value is -4.57. The highest BCUT2D eigenvalue weighted by atomic mass is 32.2. The van der Waals surface area contributed by atoms with Crippen LogP contribution < -0.4 is 24.8 Å². The van der Waals surface area contributed by atoms with E-state index in [9.17, 15) is 17.6 Å². The van der Waals surface area contributed by atoms with Gasteiger partial charge >= 0.3 is 0 Å². The van der Waals surface area contributed by atoms with Gasteiger partial charge in [-0.3, -0.25) is 9.52 Å². The second-order valence-electron chi connectivity index (χ2n) is 8.67. The van der Waals surface area contributed by atoms with Crippen LogP contribution in [0.4, 0.5) is 15.8 Å². The topological polar surface area (TPSA) is 106 Å². The smallest absolute Gasteiger partial charge is 0.265 e. The molecular formula is C30H30FN3O5S. The Bertz CT molecular complexity index is 1590. The largest absolute Gasteiger partial charge is 0.496 e. The number of benzene rings is 4. The van der Waals surface area contributed by atoms with Gasteiger partial charge in [-0.15, -0.1) is 0 Å². The normalized spacial score (nSPS) is 11.0. The number of carbonyl (C=O) groups excluding carboxylic acids is 1. The first-order valence-corrected chi connectivity index (χ1v) is 14.1. The molecule has 0 heterocycles. The van der Waals surface area contributed by atoms with Crippen molar-refractivity contribution in [2.45, 2.75) is 11.8 Å². The van der Waals surface area contributed by atoms with Crippen molar-refractivity contribution in [1.29, 1.82) is 0 Å². The molecule has 0 bridgehead atoms. The van der Waals surface area contributed by atoms with E-state index in [0.29, 0.717) is 46.9 Å². The maximum absolute atomic E-state index is 13.8. The van der Waals surface area contributed by atoms with Crippen LogP contribution >= 0.6 is 0 Å². The molecule has 0 saturated heterocycles. The quantitative estimate of drug-likeness (QED) is 0.196. The number of ether oxygens (including phenoxy) is 2. The summed E-state index contributed by atoms with van der Waals surface area (Å²) in [6.07, 6.45) is 0. The second-order valence-corrected chi connectivity index (χ2v) is 10.3. The first-order valence-electron chi connectivity index (χ1n) is 12.6. The molecule has 3 N–H and O–H groups in total. The number of amides is 1. The summed E-state index contributed by atoms with van der Waals surface area (Å²) in [7, 11) is -2.56. The van der Waals surface area contributed by atoms with E-state index in [1.807, 2.05) is 0 Å². The van der Waals surface area contributed by atoms with E-state index < -0.39 is 15.8 Å². The van der Waals surface area contributed by atoms with Crippen LogP contribution in [0.5, 0.6) is 11.5 Å². The number of carbonyl (C=O) groups is 1. The minimum Gasteiger partial charge on any atom is -0.496 e. The SMILES string of the molecule is CCOc1ccc(-c2cccc(F)c2)cc1S(=O)(=O)Nc1cccc(NCCNC(=O)c2ccccc2OC)c1. The minimum atomic E-state index is -4.06. The predicted octanol–water partition coefficient (Wildman–Crippen LogP) is 5.54. The number of nitrogens with one attached hydrogen (secondary N) is 3. The molecule has 10 heteroatoms. The minimum absolute atomic E-state index is 0.0616. The van der Waals surface area contributed by atoms with E-state index in [-0.39, 0.29) is 23.2 Å². The summed E-state index contributed by atoms with van der Waals surface area (Å²) in [4.78, 5) is 12.4. The fraction of sp³-hybridized carbons (Fsp3) is 0.167. The molecule has 1 amide bonds. The molecular weight excluding hydrogens is 533 g/mol. The average molecular weight is 564 g/mol. The van der Waals surface area contributed by atoms with Crippen molar-refractivity contribution in [2.24, 2.45) is 0 Å². The number of hydrogen-bond acceptors (Lipinski definition) is 6. The fourth-order valence-electron chi connectivity index (χ4n) is 4.05. The molecule has 8 nitrogen and oxygen atoms in total. The summed E-state index contributed by atoms with van der Waals surface area (Å²) in [5.74, 6) is 0.000975. The highest BCUT2D eigenvalue weighted by Crippen LogP contribution is 2.32. The molecule has 4 aromatic rings. The molecule has 4 rings (SSSR count). The van der Waals surface area contributed by atoms with E-state index in [0.717, 1.165) is 0 Å². The van der Waals surface area contributed by atoms with Crippen LogP contribution in [0.15, 0.2) is 95.9 Å². The van der Waals surface area contributed by atoms with Gasteiger partial charge in [0.15, 0.2) is 0 Å². The Kier molecular flexibility index (Phi) is 9.23. The Morgan fingerprint density at radius 3 is 2.35 bits per heavy atom. The monoisotopic (exact) mass is 563 g/mol. The lowest BCUT2D eigenvalue weighted by atomic mass is 10.1. The molecule has 0 radical (unpaired) electrons. The van der Waals surface area contributed by atoms with Gasteiger partial charge in [0.05, 0.1) is 25.0 Å². The molecule has 0 aliphatic carbocycles. The summed E-state index contributed by atoms with van der Waals surface area (Å²) in [6, 6.07) is 24.4. The van der Waals surface area contributed by atoms with E-state index in [2.05, 4.69) is 15.4 Å². The molecule has 4 aromatic carbocycles. The van der Waals surface area contributed by atoms with Crippen LogP contribution in [-0.2, 0) is 10.0 Å². The molecule has 0 saturated carbocycles. The summed E-state index contributed by atoms with van der Waals surface area (Å²) in [5, 5.41) is 6.00. The van der Waals surface area contributed by atoms with Crippen LogP contribution in [0.2, 0.25) is 0 Å². The van der Waals surface area contributed by atoms with Gasteiger partial charge in [0, 0.05) is 18.8 Å². The predicted molar refractivity (Wildman–Crippen MR) is 154 cm³/mol. The number of methoxy groups -OCH3 is 1. The lowest BCUT2D eigenvalue weighted by molar-refractivity contribution is 0.0952. The molecule has 0 aromatic heterocycles. The van der Waals surface area contributed by atoms with Crippen molar-refractivity contribution in [3.8, 4) is 22.6 Å². The highest BCUT2D eigenvalue weighted by Gasteiger charge is 2.21. The van der Waals surface area contributed by atoms with Crippen LogP contribution in [0, 0.1) is 5.82 Å². The Morgan fingerprint density at radius 1 is 0.825 bits per heavy atom. The van der Waals surface area contributed by atoms with Gasteiger partial charge in [0.2, 0.25) is 0 Å². The van der Waals surface area contributed by atoms with Gasteiger partial charge in [-0.2, -0.15) is 0 Å². The van der Waals surface area contributed by atoms with Gasteiger partial charge < -0.3 is 20.1 Å². The van der Waals surface area contributed by atoms with Gasteiger partial charge in [-0.1, -0.05) is 36.4 Å². The Balaban J connectivity index is 1.44. The molecule has 0 fully saturated rings. The van der Waals surface area contributed by atoms with Gasteiger partial charge in [0.1, 0.15) is 22.2 Å². The maximum atomic E-state index is 13.8. The number of hydrogen-bond donors (Lipinski definition) is 3. The second kappa shape index (κ2) is 13.0. The van der Waals surface area contributed by atoms with E-state index >= 15 is 0 Å². The van der Waals surface area contributed by atoms with E-state index in [4.69, 9.17) is 9.47 Å². The van der Waals surface area contributed by atoms with Crippen molar-refractivity contribution >= 4 is 27.3 Å². The molecule has 0 unspecified atom stereocenters. The Morgan fingerprint density at radius 2 is 1.57 bits per heavy atom. The third-order valence-electron chi connectivity index (χ3n) is 5.90. The molecule has 0 spiro atoms. The van der Waals surface area contributed by atoms with Crippen molar-refractivity contribution in [1.82, 2.24) is 5.32 Å². The van der Waals surface area contributed by atoms with Crippen molar-refractivity contribution in [2.75, 3.05) is 36.8 Å². The average Bonchev–Trinajstić information content (AvgIpc) is 2.95. The first kappa shape index (κ1) is 28.4. The summed E-state index contributed by atoms with van der Waals surface area (Å²) in [5.41, 5.74) is 2.51. The van der Waals surface area contributed by atoms with Gasteiger partial charge in [-0.25, -0.2) is 12.8 Å². The first-order chi connectivity index (χ1) is 19.3. The van der Waals surface area contributed by atoms with E-state index in [1.165, 1.54) is 25.3 Å². The molecule has 0 atom stereocenters. The molecule has 208 valence electrons. The Labute approximate surface area is 233 Å². The molecule has 0 aliphatic rings. The van der Waals surface area contributed by atoms with Crippen LogP contribution in [-0.4, -0.2) is 41.1 Å². The van der Waals surface area contributed by atoms with Crippen molar-refractivity contribution in [3.05, 3.63) is 102 Å². The van der Waals surface area contributed by atoms with Crippen LogP contribution in [0.25, 0.3) is 11.1 Å². The molecule has 0 aliphatic heterocycles. The number of halogens is 1. The summed E-state index contributed by atoms with van der Waals surface area (Å²) in [6.45, 7) is 2.77. The van der Waals surface area contributed by atoms with E-state index in [1.54, 1.807) is 79.7 Å². The zero-order valence-corrected chi connectivity index (χ0v) is 22.9. The fourth-order valence-corrected chi connectivity index (χ4v) is 5.27. The van der Waals surface area contributed by atoms with Crippen molar-refractivity contribution in [3.63, 3.8) is 0 Å². The highest BCUT2D eigenvalue weighted by molar-refractivity contribution is 7.92. The summed E-state index contributed by atoms with van der Waals surface area (Å²) >= 11 is 0. The standard InChI is InChI=1S/C30H30FN3O5S/c1-3-39-28-15-14-22(21-8-6-9-23(31)18-21)19-29(28)40(36,37)34-25-11-7-10-24(20-25)32-16-17-33-30(35)26-12-4-5-13-27(26)38-2/h4-15,18-20,32,34H,3,16-17H2,1-2H3,(H,33,35). The van der Waals surface area contributed by atoms with Crippen LogP contribution in [0.3, 0.4) is 0 Å². The zero-order valence-electron chi connectivity index (χ0n) is 22.1. The number of anilines is 2. The molecule has 40 heavy (non-hydrogen) atoms. The van der Waals surface area contributed by atoms with Gasteiger partial charge in [0.25, 0.3) is 15.9 Å². The van der Waals surface area contributed by atoms with Gasteiger partial charge in [-0.05, 0) is 72.6 Å². The third kappa shape index (κ3) is 7.09. The number of sulfonamides is 1. The lowest BCUT2D eigenvalue weighted by Gasteiger charge is -2.15. The zero-order chi connectivity index (χ0) is 28.5. The van der Waals surface area contributed by atoms with Crippen LogP contribution in [0.1, 0.15) is 17.3 Å².